The maximum Gasteiger partial charge on any atom is 0.325 e. The van der Waals surface area contributed by atoms with Crippen LogP contribution < -0.4 is 16.0 Å². The van der Waals surface area contributed by atoms with Gasteiger partial charge < -0.3 is 21.1 Å². The molecule has 1 aromatic heterocycles. The van der Waals surface area contributed by atoms with Crippen LogP contribution in [0.4, 0.5) is 29.2 Å². The number of para-hydroxylation sites is 2. The van der Waals surface area contributed by atoms with E-state index < -0.39 is 12.0 Å². The lowest BCUT2D eigenvalue weighted by molar-refractivity contribution is -0.137. The second-order valence-corrected chi connectivity index (χ2v) is 5.49. The van der Waals surface area contributed by atoms with Gasteiger partial charge in [0.2, 0.25) is 17.8 Å². The van der Waals surface area contributed by atoms with Gasteiger partial charge in [0.15, 0.2) is 0 Å². The average molecular weight is 350 g/mol. The number of carboxylic acid groups (broad SMARTS) is 1. The highest BCUT2D eigenvalue weighted by Crippen LogP contribution is 2.18. The summed E-state index contributed by atoms with van der Waals surface area (Å²) >= 11 is 0. The highest BCUT2D eigenvalue weighted by atomic mass is 16.4. The summed E-state index contributed by atoms with van der Waals surface area (Å²) in [5.74, 6) is -0.248. The lowest BCUT2D eigenvalue weighted by atomic mass is 10.3. The first kappa shape index (κ1) is 17.2. The van der Waals surface area contributed by atoms with Crippen molar-refractivity contribution in [2.75, 3.05) is 16.0 Å². The van der Waals surface area contributed by atoms with Gasteiger partial charge in [0.25, 0.3) is 0 Å². The van der Waals surface area contributed by atoms with E-state index in [0.717, 1.165) is 11.4 Å². The largest absolute Gasteiger partial charge is 0.480 e. The minimum absolute atomic E-state index is 0.159. The Hall–Kier alpha value is -3.68. The van der Waals surface area contributed by atoms with Crippen LogP contribution in [0.1, 0.15) is 6.92 Å². The number of hydrogen-bond acceptors (Lipinski definition) is 7. The van der Waals surface area contributed by atoms with E-state index in [1.54, 1.807) is 0 Å². The highest BCUT2D eigenvalue weighted by molar-refractivity contribution is 5.76. The van der Waals surface area contributed by atoms with Crippen LogP contribution in [0.15, 0.2) is 60.7 Å². The number of benzene rings is 2. The molecule has 3 aromatic rings. The summed E-state index contributed by atoms with van der Waals surface area (Å²) in [4.78, 5) is 23.9. The number of rotatable bonds is 7. The summed E-state index contributed by atoms with van der Waals surface area (Å²) in [6.07, 6.45) is 0. The third-order valence-electron chi connectivity index (χ3n) is 3.41. The molecule has 0 saturated carbocycles. The lowest BCUT2D eigenvalue weighted by Gasteiger charge is -2.13. The summed E-state index contributed by atoms with van der Waals surface area (Å²) in [7, 11) is 0. The van der Waals surface area contributed by atoms with Gasteiger partial charge in [-0.2, -0.15) is 15.0 Å². The van der Waals surface area contributed by atoms with Gasteiger partial charge in [0.1, 0.15) is 6.04 Å². The van der Waals surface area contributed by atoms with Gasteiger partial charge >= 0.3 is 5.97 Å². The van der Waals surface area contributed by atoms with Crippen molar-refractivity contribution in [3.63, 3.8) is 0 Å². The van der Waals surface area contributed by atoms with Crippen molar-refractivity contribution in [3.05, 3.63) is 60.7 Å². The van der Waals surface area contributed by atoms with Crippen molar-refractivity contribution < 1.29 is 9.90 Å². The molecule has 0 spiro atoms. The maximum atomic E-state index is 11.1. The standard InChI is InChI=1S/C18H18N6O2/c1-12(15(25)26)19-16-22-17(20-13-8-4-2-5-9-13)24-18(23-16)21-14-10-6-3-7-11-14/h2-12H,1H3,(H,25,26)(H3,19,20,21,22,23,24)/t12-/m0/s1. The van der Waals surface area contributed by atoms with Crippen molar-refractivity contribution in [2.45, 2.75) is 13.0 Å². The molecule has 0 radical (unpaired) electrons. The molecule has 132 valence electrons. The molecule has 0 saturated heterocycles. The van der Waals surface area contributed by atoms with Crippen molar-refractivity contribution in [1.82, 2.24) is 15.0 Å². The van der Waals surface area contributed by atoms with E-state index in [1.807, 2.05) is 60.7 Å². The molecule has 2 aromatic carbocycles. The van der Waals surface area contributed by atoms with Gasteiger partial charge in [-0.3, -0.25) is 4.79 Å². The minimum Gasteiger partial charge on any atom is -0.480 e. The number of carbonyl (C=O) groups is 1. The van der Waals surface area contributed by atoms with Gasteiger partial charge in [-0.05, 0) is 31.2 Å². The van der Waals surface area contributed by atoms with E-state index in [1.165, 1.54) is 6.92 Å². The lowest BCUT2D eigenvalue weighted by Crippen LogP contribution is -2.26. The van der Waals surface area contributed by atoms with E-state index >= 15 is 0 Å². The number of nitrogens with zero attached hydrogens (tertiary/aromatic N) is 3. The summed E-state index contributed by atoms with van der Waals surface area (Å²) < 4.78 is 0. The van der Waals surface area contributed by atoms with Gasteiger partial charge in [0, 0.05) is 11.4 Å². The zero-order valence-electron chi connectivity index (χ0n) is 14.0. The van der Waals surface area contributed by atoms with Crippen molar-refractivity contribution in [3.8, 4) is 0 Å². The van der Waals surface area contributed by atoms with Gasteiger partial charge in [-0.15, -0.1) is 0 Å². The van der Waals surface area contributed by atoms with Crippen LogP contribution in [0.25, 0.3) is 0 Å². The second kappa shape index (κ2) is 7.93. The Kier molecular flexibility index (Phi) is 5.23. The Morgan fingerprint density at radius 3 is 1.65 bits per heavy atom. The Bertz CT molecular complexity index is 814. The zero-order chi connectivity index (χ0) is 18.4. The van der Waals surface area contributed by atoms with Crippen LogP contribution in [0.5, 0.6) is 0 Å². The van der Waals surface area contributed by atoms with Crippen molar-refractivity contribution in [2.24, 2.45) is 0 Å². The van der Waals surface area contributed by atoms with E-state index in [4.69, 9.17) is 5.11 Å². The number of nitrogens with one attached hydrogen (secondary N) is 3. The molecule has 26 heavy (non-hydrogen) atoms. The van der Waals surface area contributed by atoms with Crippen LogP contribution in [0.3, 0.4) is 0 Å². The van der Waals surface area contributed by atoms with Crippen LogP contribution in [-0.2, 0) is 4.79 Å². The molecule has 3 rings (SSSR count). The number of aromatic nitrogens is 3. The zero-order valence-corrected chi connectivity index (χ0v) is 14.0. The molecular weight excluding hydrogens is 332 g/mol. The molecule has 8 heteroatoms. The van der Waals surface area contributed by atoms with Crippen molar-refractivity contribution >= 4 is 35.2 Å². The quantitative estimate of drug-likeness (QED) is 0.514. The maximum absolute atomic E-state index is 11.1. The second-order valence-electron chi connectivity index (χ2n) is 5.49. The Morgan fingerprint density at radius 1 is 0.808 bits per heavy atom. The SMILES string of the molecule is C[C@H](Nc1nc(Nc2ccccc2)nc(Nc2ccccc2)n1)C(=O)O. The fourth-order valence-corrected chi connectivity index (χ4v) is 2.11. The van der Waals surface area contributed by atoms with Crippen LogP contribution in [0, 0.1) is 0 Å². The summed E-state index contributed by atoms with van der Waals surface area (Å²) in [6, 6.07) is 18.0. The van der Waals surface area contributed by atoms with Crippen LogP contribution in [0.2, 0.25) is 0 Å². The van der Waals surface area contributed by atoms with E-state index in [0.29, 0.717) is 11.9 Å². The first-order chi connectivity index (χ1) is 12.6. The fraction of sp³-hybridized carbons (Fsp3) is 0.111. The minimum atomic E-state index is -0.999. The Labute approximate surface area is 150 Å². The average Bonchev–Trinajstić information content (AvgIpc) is 2.63. The van der Waals surface area contributed by atoms with Crippen LogP contribution >= 0.6 is 0 Å². The molecule has 4 N–H and O–H groups in total. The monoisotopic (exact) mass is 350 g/mol. The number of hydrogen-bond donors (Lipinski definition) is 4. The third-order valence-corrected chi connectivity index (χ3v) is 3.41. The molecular formula is C18H18N6O2. The molecule has 0 fully saturated rings. The molecule has 0 aliphatic rings. The van der Waals surface area contributed by atoms with Gasteiger partial charge in [-0.1, -0.05) is 36.4 Å². The smallest absolute Gasteiger partial charge is 0.325 e. The van der Waals surface area contributed by atoms with Gasteiger partial charge in [-0.25, -0.2) is 0 Å². The third kappa shape index (κ3) is 4.67. The Balaban J connectivity index is 1.89. The number of aliphatic carboxylic acids is 1. The molecule has 0 aliphatic carbocycles. The highest BCUT2D eigenvalue weighted by Gasteiger charge is 2.14. The predicted octanol–water partition coefficient (Wildman–Crippen LogP) is 3.24. The summed E-state index contributed by atoms with van der Waals surface area (Å²) in [6.45, 7) is 1.51. The molecule has 0 unspecified atom stereocenters. The molecule has 0 bridgehead atoms. The van der Waals surface area contributed by atoms with Crippen LogP contribution in [-0.4, -0.2) is 32.1 Å². The molecule has 1 atom stereocenters. The Morgan fingerprint density at radius 2 is 1.23 bits per heavy atom. The number of carboxylic acids is 1. The predicted molar refractivity (Wildman–Crippen MR) is 100.0 cm³/mol. The summed E-state index contributed by atoms with van der Waals surface area (Å²) in [5.41, 5.74) is 1.61. The molecule has 0 aliphatic heterocycles. The van der Waals surface area contributed by atoms with E-state index in [2.05, 4.69) is 30.9 Å². The topological polar surface area (TPSA) is 112 Å². The summed E-state index contributed by atoms with van der Waals surface area (Å²) in [5, 5.41) is 18.0. The van der Waals surface area contributed by atoms with Crippen molar-refractivity contribution in [1.29, 1.82) is 0 Å². The fourth-order valence-electron chi connectivity index (χ4n) is 2.11. The first-order valence-electron chi connectivity index (χ1n) is 8.00. The molecule has 8 nitrogen and oxygen atoms in total. The van der Waals surface area contributed by atoms with E-state index in [9.17, 15) is 4.79 Å². The molecule has 0 amide bonds. The molecule has 1 heterocycles. The normalized spacial score (nSPS) is 11.4. The number of anilines is 5. The first-order valence-corrected chi connectivity index (χ1v) is 8.00. The van der Waals surface area contributed by atoms with Gasteiger partial charge in [0.05, 0.1) is 0 Å². The van der Waals surface area contributed by atoms with E-state index in [-0.39, 0.29) is 5.95 Å².